The van der Waals surface area contributed by atoms with E-state index in [4.69, 9.17) is 4.74 Å². The van der Waals surface area contributed by atoms with E-state index in [9.17, 15) is 9.18 Å². The van der Waals surface area contributed by atoms with Crippen LogP contribution in [-0.2, 0) is 13.0 Å². The van der Waals surface area contributed by atoms with Gasteiger partial charge < -0.3 is 9.64 Å². The Bertz CT molecular complexity index is 986. The largest absolute Gasteiger partial charge is 0.487 e. The topological polar surface area (TPSA) is 42.4 Å². The van der Waals surface area contributed by atoms with Crippen molar-refractivity contribution >= 4 is 22.9 Å². The van der Waals surface area contributed by atoms with Crippen molar-refractivity contribution in [2.24, 2.45) is 0 Å². The van der Waals surface area contributed by atoms with Crippen LogP contribution in [-0.4, -0.2) is 17.4 Å². The fourth-order valence-electron chi connectivity index (χ4n) is 3.28. The van der Waals surface area contributed by atoms with Gasteiger partial charge in [0.05, 0.1) is 10.7 Å². The number of nitrogens with zero attached hydrogens (tertiary/aromatic N) is 2. The van der Waals surface area contributed by atoms with Crippen LogP contribution in [0.3, 0.4) is 0 Å². The van der Waals surface area contributed by atoms with E-state index in [1.807, 2.05) is 24.4 Å². The normalized spacial score (nSPS) is 13.3. The molecule has 1 aromatic heterocycles. The number of ether oxygens (including phenoxy) is 1. The second kappa shape index (κ2) is 7.48. The molecule has 2 heterocycles. The van der Waals surface area contributed by atoms with Crippen molar-refractivity contribution in [3.8, 4) is 5.75 Å². The van der Waals surface area contributed by atoms with Crippen molar-refractivity contribution in [2.45, 2.75) is 26.4 Å². The highest BCUT2D eigenvalue weighted by molar-refractivity contribution is 7.09. The molecule has 0 saturated heterocycles. The molecule has 0 aliphatic carbocycles. The van der Waals surface area contributed by atoms with Crippen LogP contribution in [0.2, 0.25) is 0 Å². The van der Waals surface area contributed by atoms with Crippen molar-refractivity contribution in [1.82, 2.24) is 4.98 Å². The minimum atomic E-state index is -0.268. The Hall–Kier alpha value is -2.73. The Morgan fingerprint density at radius 2 is 2.19 bits per heavy atom. The number of fused-ring (bicyclic) bond motifs is 1. The van der Waals surface area contributed by atoms with E-state index in [1.54, 1.807) is 34.4 Å². The smallest absolute Gasteiger partial charge is 0.258 e. The number of rotatable bonds is 4. The van der Waals surface area contributed by atoms with Crippen molar-refractivity contribution in [1.29, 1.82) is 0 Å². The summed E-state index contributed by atoms with van der Waals surface area (Å²) in [5, 5.41) is 2.96. The molecule has 3 aromatic rings. The fourth-order valence-corrected chi connectivity index (χ4v) is 3.88. The van der Waals surface area contributed by atoms with Crippen LogP contribution < -0.4 is 9.64 Å². The highest BCUT2D eigenvalue weighted by Crippen LogP contribution is 2.29. The number of carbonyl (C=O) groups excluding carboxylic acids is 1. The first-order valence-corrected chi connectivity index (χ1v) is 9.72. The summed E-state index contributed by atoms with van der Waals surface area (Å²) in [6.07, 6.45) is 1.61. The zero-order valence-corrected chi connectivity index (χ0v) is 15.8. The summed E-state index contributed by atoms with van der Waals surface area (Å²) >= 11 is 1.58. The minimum Gasteiger partial charge on any atom is -0.487 e. The number of hydrogen-bond donors (Lipinski definition) is 0. The second-order valence-electron chi connectivity index (χ2n) is 6.51. The summed E-state index contributed by atoms with van der Waals surface area (Å²) in [6, 6.07) is 11.8. The standard InChI is InChI=1S/C21H19FN2O2S/c1-14-23-18(13-27-14)12-26-19-6-2-4-16(11-19)21(25)24-9-3-5-15-10-17(22)7-8-20(15)24/h2,4,6-8,10-11,13H,3,5,9,12H2,1H3. The monoisotopic (exact) mass is 382 g/mol. The Kier molecular flexibility index (Phi) is 4.90. The number of thiazole rings is 1. The number of anilines is 1. The Balaban J connectivity index is 1.53. The maximum atomic E-state index is 13.5. The summed E-state index contributed by atoms with van der Waals surface area (Å²) in [6.45, 7) is 2.95. The van der Waals surface area contributed by atoms with Crippen LogP contribution in [0.1, 0.15) is 33.0 Å². The predicted octanol–water partition coefficient (Wildman–Crippen LogP) is 4.76. The van der Waals surface area contributed by atoms with Crippen LogP contribution in [0, 0.1) is 12.7 Å². The summed E-state index contributed by atoms with van der Waals surface area (Å²) in [7, 11) is 0. The number of aromatic nitrogens is 1. The molecule has 4 rings (SSSR count). The number of amides is 1. The van der Waals surface area contributed by atoms with Crippen LogP contribution in [0.15, 0.2) is 47.8 Å². The molecule has 2 aromatic carbocycles. The molecule has 138 valence electrons. The van der Waals surface area contributed by atoms with Gasteiger partial charge in [-0.15, -0.1) is 11.3 Å². The maximum absolute atomic E-state index is 13.5. The summed E-state index contributed by atoms with van der Waals surface area (Å²) in [5.74, 6) is 0.260. The number of hydrogen-bond acceptors (Lipinski definition) is 4. The molecule has 0 fully saturated rings. The summed E-state index contributed by atoms with van der Waals surface area (Å²) in [5.41, 5.74) is 3.10. The highest BCUT2D eigenvalue weighted by atomic mass is 32.1. The molecule has 0 unspecified atom stereocenters. The van der Waals surface area contributed by atoms with E-state index in [0.29, 0.717) is 24.5 Å². The molecule has 0 spiro atoms. The van der Waals surface area contributed by atoms with Gasteiger partial charge in [-0.2, -0.15) is 0 Å². The molecule has 0 N–H and O–H groups in total. The van der Waals surface area contributed by atoms with Crippen molar-refractivity contribution in [2.75, 3.05) is 11.4 Å². The first-order valence-electron chi connectivity index (χ1n) is 8.84. The van der Waals surface area contributed by atoms with Gasteiger partial charge in [-0.25, -0.2) is 9.37 Å². The van der Waals surface area contributed by atoms with Gasteiger partial charge in [0.15, 0.2) is 0 Å². The van der Waals surface area contributed by atoms with Crippen LogP contribution in [0.5, 0.6) is 5.75 Å². The Labute approximate surface area is 161 Å². The van der Waals surface area contributed by atoms with E-state index in [1.165, 1.54) is 12.1 Å². The lowest BCUT2D eigenvalue weighted by Gasteiger charge is -2.29. The SMILES string of the molecule is Cc1nc(COc2cccc(C(=O)N3CCCc4cc(F)ccc43)c2)cs1. The third-order valence-electron chi connectivity index (χ3n) is 4.54. The van der Waals surface area contributed by atoms with E-state index < -0.39 is 0 Å². The average Bonchev–Trinajstić information content (AvgIpc) is 3.10. The van der Waals surface area contributed by atoms with Gasteiger partial charge in [0.25, 0.3) is 5.91 Å². The molecule has 0 atom stereocenters. The van der Waals surface area contributed by atoms with Gasteiger partial charge in [-0.3, -0.25) is 4.79 Å². The molecule has 1 aliphatic heterocycles. The number of benzene rings is 2. The zero-order valence-electron chi connectivity index (χ0n) is 14.9. The van der Waals surface area contributed by atoms with Crippen molar-refractivity contribution < 1.29 is 13.9 Å². The molecule has 0 radical (unpaired) electrons. The molecule has 6 heteroatoms. The van der Waals surface area contributed by atoms with Gasteiger partial charge >= 0.3 is 0 Å². The molecule has 27 heavy (non-hydrogen) atoms. The lowest BCUT2D eigenvalue weighted by molar-refractivity contribution is 0.0984. The molecule has 1 aliphatic rings. The molecular formula is C21H19FN2O2S. The number of aryl methyl sites for hydroxylation is 2. The summed E-state index contributed by atoms with van der Waals surface area (Å²) in [4.78, 5) is 19.1. The van der Waals surface area contributed by atoms with E-state index in [-0.39, 0.29) is 11.7 Å². The maximum Gasteiger partial charge on any atom is 0.258 e. The van der Waals surface area contributed by atoms with Crippen LogP contribution in [0.4, 0.5) is 10.1 Å². The van der Waals surface area contributed by atoms with Crippen molar-refractivity contribution in [3.05, 3.63) is 75.5 Å². The van der Waals surface area contributed by atoms with E-state index in [0.717, 1.165) is 34.8 Å². The number of halogens is 1. The minimum absolute atomic E-state index is 0.0995. The first kappa shape index (κ1) is 17.7. The van der Waals surface area contributed by atoms with E-state index in [2.05, 4.69) is 4.98 Å². The van der Waals surface area contributed by atoms with Gasteiger partial charge in [-0.1, -0.05) is 6.07 Å². The Morgan fingerprint density at radius 1 is 1.30 bits per heavy atom. The van der Waals surface area contributed by atoms with E-state index >= 15 is 0 Å². The average molecular weight is 382 g/mol. The lowest BCUT2D eigenvalue weighted by atomic mass is 10.0. The summed E-state index contributed by atoms with van der Waals surface area (Å²) < 4.78 is 19.3. The van der Waals surface area contributed by atoms with Crippen molar-refractivity contribution in [3.63, 3.8) is 0 Å². The van der Waals surface area contributed by atoms with Gasteiger partial charge in [-0.05, 0) is 61.7 Å². The van der Waals surface area contributed by atoms with Gasteiger partial charge in [0.2, 0.25) is 0 Å². The first-order chi connectivity index (χ1) is 13.1. The quantitative estimate of drug-likeness (QED) is 0.653. The third-order valence-corrected chi connectivity index (χ3v) is 5.36. The molecule has 4 nitrogen and oxygen atoms in total. The van der Waals surface area contributed by atoms with Crippen LogP contribution in [0.25, 0.3) is 0 Å². The van der Waals surface area contributed by atoms with Gasteiger partial charge in [0.1, 0.15) is 18.2 Å². The number of carbonyl (C=O) groups is 1. The third kappa shape index (κ3) is 3.85. The molecule has 1 amide bonds. The molecular weight excluding hydrogens is 363 g/mol. The fraction of sp³-hybridized carbons (Fsp3) is 0.238. The molecule has 0 saturated carbocycles. The molecule has 0 bridgehead atoms. The highest BCUT2D eigenvalue weighted by Gasteiger charge is 2.24. The predicted molar refractivity (Wildman–Crippen MR) is 104 cm³/mol. The Morgan fingerprint density at radius 3 is 3.00 bits per heavy atom. The lowest BCUT2D eigenvalue weighted by Crippen LogP contribution is -2.35. The van der Waals surface area contributed by atoms with Gasteiger partial charge in [0, 0.05) is 23.2 Å². The van der Waals surface area contributed by atoms with Crippen LogP contribution >= 0.6 is 11.3 Å². The second-order valence-corrected chi connectivity index (χ2v) is 7.57. The zero-order chi connectivity index (χ0) is 18.8.